The Labute approximate surface area is 106 Å². The predicted molar refractivity (Wildman–Crippen MR) is 65.8 cm³/mol. The van der Waals surface area contributed by atoms with Gasteiger partial charge in [0, 0.05) is 26.2 Å². The third-order valence-corrected chi connectivity index (χ3v) is 4.02. The number of ketones is 1. The Morgan fingerprint density at radius 1 is 1.31 bits per heavy atom. The van der Waals surface area contributed by atoms with Crippen molar-refractivity contribution >= 4 is 39.0 Å². The molecule has 4 nitrogen and oxygen atoms in total. The summed E-state index contributed by atoms with van der Waals surface area (Å²) in [4.78, 5) is 25.8. The molecule has 1 amide bonds. The van der Waals surface area contributed by atoms with Crippen molar-refractivity contribution < 1.29 is 9.59 Å². The number of Topliss-reactive ketones (excluding diaryl/α,β-unsaturated/α-hetero) is 1. The Balaban J connectivity index is 2.06. The highest BCUT2D eigenvalue weighted by atomic mass is 79.9. The van der Waals surface area contributed by atoms with Crippen LogP contribution in [0.3, 0.4) is 0 Å². The minimum absolute atomic E-state index is 0.393. The number of rotatable bonds is 2. The molecule has 0 radical (unpaired) electrons. The zero-order valence-corrected chi connectivity index (χ0v) is 10.9. The molecular formula is C10H11BrN2O2S. The van der Waals surface area contributed by atoms with Gasteiger partial charge in [0.15, 0.2) is 0 Å². The van der Waals surface area contributed by atoms with E-state index in [-0.39, 0.29) is 0 Å². The summed E-state index contributed by atoms with van der Waals surface area (Å²) < 4.78 is 0.865. The van der Waals surface area contributed by atoms with Crippen LogP contribution < -0.4 is 5.32 Å². The highest BCUT2D eigenvalue weighted by Gasteiger charge is 2.25. The fourth-order valence-corrected chi connectivity index (χ4v) is 2.87. The van der Waals surface area contributed by atoms with Gasteiger partial charge in [-0.1, -0.05) is 0 Å². The maximum atomic E-state index is 11.8. The Morgan fingerprint density at radius 3 is 2.56 bits per heavy atom. The number of carbonyl (C=O) groups excluding carboxylic acids is 2. The summed E-state index contributed by atoms with van der Waals surface area (Å²) in [7, 11) is 0. The average Bonchev–Trinajstić information content (AvgIpc) is 2.75. The highest BCUT2D eigenvalue weighted by Crippen LogP contribution is 2.22. The topological polar surface area (TPSA) is 49.4 Å². The lowest BCUT2D eigenvalue weighted by Gasteiger charge is -2.26. The van der Waals surface area contributed by atoms with E-state index in [9.17, 15) is 9.59 Å². The summed E-state index contributed by atoms with van der Waals surface area (Å²) in [5, 5.41) is 3.14. The van der Waals surface area contributed by atoms with E-state index >= 15 is 0 Å². The molecule has 0 aromatic carbocycles. The summed E-state index contributed by atoms with van der Waals surface area (Å²) in [6, 6.07) is 3.46. The number of hydrogen-bond acceptors (Lipinski definition) is 4. The molecule has 86 valence electrons. The van der Waals surface area contributed by atoms with Crippen molar-refractivity contribution in [3.63, 3.8) is 0 Å². The van der Waals surface area contributed by atoms with Crippen molar-refractivity contribution in [1.82, 2.24) is 10.2 Å². The lowest BCUT2D eigenvalue weighted by Crippen LogP contribution is -2.48. The fraction of sp³-hybridized carbons (Fsp3) is 0.400. The van der Waals surface area contributed by atoms with Crippen LogP contribution in [0.4, 0.5) is 0 Å². The first kappa shape index (κ1) is 11.8. The van der Waals surface area contributed by atoms with E-state index < -0.39 is 11.7 Å². The van der Waals surface area contributed by atoms with Crippen LogP contribution in [0, 0.1) is 0 Å². The zero-order valence-electron chi connectivity index (χ0n) is 8.53. The molecule has 1 aromatic heterocycles. The lowest BCUT2D eigenvalue weighted by atomic mass is 10.2. The molecule has 1 N–H and O–H groups in total. The molecule has 0 saturated carbocycles. The highest BCUT2D eigenvalue weighted by molar-refractivity contribution is 9.11. The third-order valence-electron chi connectivity index (χ3n) is 2.40. The molecule has 0 atom stereocenters. The number of nitrogens with zero attached hydrogens (tertiary/aromatic N) is 1. The number of hydrogen-bond donors (Lipinski definition) is 1. The molecule has 2 heterocycles. The maximum absolute atomic E-state index is 11.8. The normalized spacial score (nSPS) is 16.2. The number of carbonyl (C=O) groups is 2. The van der Waals surface area contributed by atoms with Gasteiger partial charge in [-0.2, -0.15) is 0 Å². The quantitative estimate of drug-likeness (QED) is 0.658. The van der Waals surface area contributed by atoms with Gasteiger partial charge in [0.1, 0.15) is 0 Å². The van der Waals surface area contributed by atoms with Gasteiger partial charge in [-0.15, -0.1) is 11.3 Å². The molecule has 0 bridgehead atoms. The first-order valence-corrected chi connectivity index (χ1v) is 6.59. The van der Waals surface area contributed by atoms with Gasteiger partial charge in [-0.25, -0.2) is 0 Å². The van der Waals surface area contributed by atoms with Gasteiger partial charge in [-0.3, -0.25) is 9.59 Å². The van der Waals surface area contributed by atoms with Crippen LogP contribution >= 0.6 is 27.3 Å². The summed E-state index contributed by atoms with van der Waals surface area (Å²) in [5.74, 6) is -0.798. The molecule has 16 heavy (non-hydrogen) atoms. The van der Waals surface area contributed by atoms with Gasteiger partial charge in [0.25, 0.3) is 11.7 Å². The summed E-state index contributed by atoms with van der Waals surface area (Å²) in [5.41, 5.74) is 0. The minimum Gasteiger partial charge on any atom is -0.333 e. The van der Waals surface area contributed by atoms with Gasteiger partial charge in [0.05, 0.1) is 8.66 Å². The van der Waals surface area contributed by atoms with Crippen LogP contribution in [0.1, 0.15) is 9.67 Å². The summed E-state index contributed by atoms with van der Waals surface area (Å²) >= 11 is 4.57. The smallest absolute Gasteiger partial charge is 0.295 e. The number of piperazine rings is 1. The molecule has 1 aliphatic heterocycles. The second kappa shape index (κ2) is 5.07. The van der Waals surface area contributed by atoms with E-state index in [0.29, 0.717) is 18.0 Å². The maximum Gasteiger partial charge on any atom is 0.295 e. The molecule has 1 saturated heterocycles. The Kier molecular flexibility index (Phi) is 3.73. The predicted octanol–water partition coefficient (Wildman–Crippen LogP) is 1.13. The molecule has 1 aliphatic rings. The first-order valence-electron chi connectivity index (χ1n) is 4.98. The van der Waals surface area contributed by atoms with Crippen molar-refractivity contribution in [2.24, 2.45) is 0 Å². The number of halogens is 1. The van der Waals surface area contributed by atoms with Gasteiger partial charge in [-0.05, 0) is 28.1 Å². The lowest BCUT2D eigenvalue weighted by molar-refractivity contribution is -0.126. The SMILES string of the molecule is O=C(C(=O)N1CCNCC1)c1ccc(Br)s1. The molecular weight excluding hydrogens is 292 g/mol. The second-order valence-corrected chi connectivity index (χ2v) is 5.94. The Hall–Kier alpha value is -0.720. The van der Waals surface area contributed by atoms with Gasteiger partial charge in [0.2, 0.25) is 0 Å². The van der Waals surface area contributed by atoms with Crippen LogP contribution in [-0.2, 0) is 4.79 Å². The van der Waals surface area contributed by atoms with Crippen LogP contribution in [0.5, 0.6) is 0 Å². The number of nitrogens with one attached hydrogen (secondary N) is 1. The summed E-state index contributed by atoms with van der Waals surface area (Å²) in [6.45, 7) is 2.73. The van der Waals surface area contributed by atoms with Gasteiger partial charge < -0.3 is 10.2 Å². The van der Waals surface area contributed by atoms with E-state index in [1.807, 2.05) is 0 Å². The average molecular weight is 303 g/mol. The van der Waals surface area contributed by atoms with Crippen LogP contribution in [0.2, 0.25) is 0 Å². The largest absolute Gasteiger partial charge is 0.333 e. The van der Waals surface area contributed by atoms with Gasteiger partial charge >= 0.3 is 0 Å². The minimum atomic E-state index is -0.405. The molecule has 1 aromatic rings. The molecule has 1 fully saturated rings. The molecule has 0 spiro atoms. The first-order chi connectivity index (χ1) is 7.68. The fourth-order valence-electron chi connectivity index (χ4n) is 1.55. The molecule has 6 heteroatoms. The third kappa shape index (κ3) is 2.50. The Bertz CT molecular complexity index is 413. The molecule has 0 unspecified atom stereocenters. The van der Waals surface area contributed by atoms with Crippen LogP contribution in [0.15, 0.2) is 15.9 Å². The van der Waals surface area contributed by atoms with Crippen molar-refractivity contribution in [3.05, 3.63) is 20.8 Å². The van der Waals surface area contributed by atoms with Crippen LogP contribution in [0.25, 0.3) is 0 Å². The monoisotopic (exact) mass is 302 g/mol. The summed E-state index contributed by atoms with van der Waals surface area (Å²) in [6.07, 6.45) is 0. The standard InChI is InChI=1S/C10H11BrN2O2S/c11-8-2-1-7(16-8)9(14)10(15)13-5-3-12-4-6-13/h1-2,12H,3-6H2. The molecule has 0 aliphatic carbocycles. The zero-order chi connectivity index (χ0) is 11.5. The number of amides is 1. The van der Waals surface area contributed by atoms with Crippen molar-refractivity contribution in [2.45, 2.75) is 0 Å². The van der Waals surface area contributed by atoms with E-state index in [4.69, 9.17) is 0 Å². The van der Waals surface area contributed by atoms with E-state index in [1.54, 1.807) is 17.0 Å². The molecule has 2 rings (SSSR count). The van der Waals surface area contributed by atoms with E-state index in [2.05, 4.69) is 21.2 Å². The van der Waals surface area contributed by atoms with Crippen molar-refractivity contribution in [3.8, 4) is 0 Å². The van der Waals surface area contributed by atoms with E-state index in [0.717, 1.165) is 16.9 Å². The number of thiophene rings is 1. The Morgan fingerprint density at radius 2 is 2.00 bits per heavy atom. The van der Waals surface area contributed by atoms with Crippen LogP contribution in [-0.4, -0.2) is 42.8 Å². The van der Waals surface area contributed by atoms with Crippen molar-refractivity contribution in [1.29, 1.82) is 0 Å². The second-order valence-electron chi connectivity index (χ2n) is 3.48. The van der Waals surface area contributed by atoms with Crippen molar-refractivity contribution in [2.75, 3.05) is 26.2 Å². The van der Waals surface area contributed by atoms with E-state index in [1.165, 1.54) is 11.3 Å².